The first-order chi connectivity index (χ1) is 9.10. The van der Waals surface area contributed by atoms with E-state index in [0.717, 1.165) is 0 Å². The number of tetrazole rings is 1. The Hall–Kier alpha value is -2.29. The Balaban J connectivity index is 2.17. The lowest BCUT2D eigenvalue weighted by Gasteiger charge is -2.12. The fourth-order valence-electron chi connectivity index (χ4n) is 1.66. The van der Waals surface area contributed by atoms with Crippen molar-refractivity contribution in [3.05, 3.63) is 12.3 Å². The summed E-state index contributed by atoms with van der Waals surface area (Å²) in [6.45, 7) is 0.252. The molecule has 9 nitrogen and oxygen atoms in total. The first-order valence-corrected chi connectivity index (χ1v) is 5.61. The van der Waals surface area contributed by atoms with Gasteiger partial charge in [0.05, 0.1) is 19.1 Å². The van der Waals surface area contributed by atoms with Crippen LogP contribution in [-0.2, 0) is 23.1 Å². The van der Waals surface area contributed by atoms with Crippen LogP contribution in [0.15, 0.2) is 12.3 Å². The van der Waals surface area contributed by atoms with E-state index in [-0.39, 0.29) is 13.0 Å². The summed E-state index contributed by atoms with van der Waals surface area (Å²) in [5.41, 5.74) is 0.623. The Morgan fingerprint density at radius 2 is 2.37 bits per heavy atom. The zero-order chi connectivity index (χ0) is 13.8. The van der Waals surface area contributed by atoms with E-state index in [1.165, 1.54) is 11.8 Å². The van der Waals surface area contributed by atoms with Crippen LogP contribution in [0.3, 0.4) is 0 Å². The summed E-state index contributed by atoms with van der Waals surface area (Å²) in [5, 5.41) is 24.3. The van der Waals surface area contributed by atoms with Gasteiger partial charge < -0.3 is 9.84 Å². The third-order valence-electron chi connectivity index (χ3n) is 2.59. The third-order valence-corrected chi connectivity index (χ3v) is 2.59. The summed E-state index contributed by atoms with van der Waals surface area (Å²) in [6.07, 6.45) is 1.17. The molecule has 0 aromatic carbocycles. The van der Waals surface area contributed by atoms with Gasteiger partial charge in [-0.25, -0.2) is 4.68 Å². The molecule has 1 unspecified atom stereocenters. The lowest BCUT2D eigenvalue weighted by molar-refractivity contribution is -0.139. The summed E-state index contributed by atoms with van der Waals surface area (Å²) in [6, 6.07) is 1.78. The van der Waals surface area contributed by atoms with Crippen LogP contribution in [0.2, 0.25) is 0 Å². The molecule has 0 aliphatic rings. The molecule has 2 aromatic rings. The monoisotopic (exact) mass is 266 g/mol. The number of hydrogen-bond acceptors (Lipinski definition) is 6. The van der Waals surface area contributed by atoms with E-state index in [2.05, 4.69) is 20.6 Å². The molecule has 102 valence electrons. The summed E-state index contributed by atoms with van der Waals surface area (Å²) in [7, 11) is 3.25. The van der Waals surface area contributed by atoms with Crippen LogP contribution in [0.1, 0.15) is 6.42 Å². The Bertz CT molecular complexity index is 563. The number of rotatable bonds is 6. The van der Waals surface area contributed by atoms with Gasteiger partial charge in [0, 0.05) is 20.4 Å². The number of hydrogen-bond donors (Lipinski definition) is 1. The van der Waals surface area contributed by atoms with Gasteiger partial charge in [-0.3, -0.25) is 9.48 Å². The molecule has 0 aliphatic heterocycles. The van der Waals surface area contributed by atoms with Gasteiger partial charge in [-0.15, -0.1) is 5.10 Å². The minimum Gasteiger partial charge on any atom is -0.481 e. The molecule has 2 heterocycles. The van der Waals surface area contributed by atoms with E-state index >= 15 is 0 Å². The zero-order valence-electron chi connectivity index (χ0n) is 10.6. The molecule has 0 saturated carbocycles. The maximum atomic E-state index is 10.7. The van der Waals surface area contributed by atoms with Crippen LogP contribution >= 0.6 is 0 Å². The molecule has 0 bridgehead atoms. The molecule has 0 spiro atoms. The molecule has 0 aliphatic carbocycles. The highest BCUT2D eigenvalue weighted by Gasteiger charge is 2.18. The largest absolute Gasteiger partial charge is 0.481 e. The minimum absolute atomic E-state index is 0.113. The van der Waals surface area contributed by atoms with Crippen molar-refractivity contribution in [3.63, 3.8) is 0 Å². The predicted molar refractivity (Wildman–Crippen MR) is 63.1 cm³/mol. The molecule has 1 atom stereocenters. The van der Waals surface area contributed by atoms with Gasteiger partial charge in [0.25, 0.3) is 0 Å². The average Bonchev–Trinajstić information content (AvgIpc) is 2.96. The highest BCUT2D eigenvalue weighted by molar-refractivity contribution is 5.67. The number of nitrogens with zero attached hydrogens (tertiary/aromatic N) is 6. The van der Waals surface area contributed by atoms with E-state index in [4.69, 9.17) is 9.84 Å². The lowest BCUT2D eigenvalue weighted by Crippen LogP contribution is -2.23. The molecule has 0 saturated heterocycles. The van der Waals surface area contributed by atoms with Crippen LogP contribution < -0.4 is 0 Å². The van der Waals surface area contributed by atoms with Crippen LogP contribution in [-0.4, -0.2) is 54.3 Å². The van der Waals surface area contributed by atoms with Crippen molar-refractivity contribution < 1.29 is 14.6 Å². The van der Waals surface area contributed by atoms with Gasteiger partial charge in [-0.1, -0.05) is 0 Å². The normalized spacial score (nSPS) is 12.5. The lowest BCUT2D eigenvalue weighted by atomic mass is 10.2. The average molecular weight is 266 g/mol. The van der Waals surface area contributed by atoms with Crippen molar-refractivity contribution in [2.75, 3.05) is 7.11 Å². The van der Waals surface area contributed by atoms with Crippen molar-refractivity contribution in [3.8, 4) is 11.5 Å². The number of carboxylic acid groups (broad SMARTS) is 1. The summed E-state index contributed by atoms with van der Waals surface area (Å²) in [4.78, 5) is 10.7. The molecule has 19 heavy (non-hydrogen) atoms. The first kappa shape index (κ1) is 13.1. The summed E-state index contributed by atoms with van der Waals surface area (Å²) < 4.78 is 8.23. The number of ether oxygens (including phenoxy) is 1. The van der Waals surface area contributed by atoms with Gasteiger partial charge in [0.2, 0.25) is 5.82 Å². The summed E-state index contributed by atoms with van der Waals surface area (Å²) in [5.74, 6) is -0.452. The third kappa shape index (κ3) is 3.13. The smallest absolute Gasteiger partial charge is 0.306 e. The Kier molecular flexibility index (Phi) is 3.85. The van der Waals surface area contributed by atoms with Gasteiger partial charge in [-0.2, -0.15) is 5.10 Å². The van der Waals surface area contributed by atoms with E-state index in [1.54, 1.807) is 24.0 Å². The SMILES string of the molecule is COC(CC(=O)O)Cn1nnnc1-c1ccn(C)n1. The summed E-state index contributed by atoms with van der Waals surface area (Å²) >= 11 is 0. The second-order valence-corrected chi connectivity index (χ2v) is 4.01. The quantitative estimate of drug-likeness (QED) is 0.755. The van der Waals surface area contributed by atoms with Gasteiger partial charge in [-0.05, 0) is 16.5 Å². The van der Waals surface area contributed by atoms with E-state index in [0.29, 0.717) is 11.5 Å². The van der Waals surface area contributed by atoms with Gasteiger partial charge in [0.15, 0.2) is 0 Å². The van der Waals surface area contributed by atoms with Crippen molar-refractivity contribution in [1.82, 2.24) is 30.0 Å². The Morgan fingerprint density at radius 3 is 2.95 bits per heavy atom. The van der Waals surface area contributed by atoms with Crippen molar-refractivity contribution in [1.29, 1.82) is 0 Å². The number of methoxy groups -OCH3 is 1. The number of carboxylic acids is 1. The number of carbonyl (C=O) groups is 1. The molecule has 0 fully saturated rings. The Labute approximate surface area is 108 Å². The van der Waals surface area contributed by atoms with E-state index < -0.39 is 12.1 Å². The molecule has 0 radical (unpaired) electrons. The van der Waals surface area contributed by atoms with Crippen LogP contribution in [0.5, 0.6) is 0 Å². The van der Waals surface area contributed by atoms with Crippen LogP contribution in [0.4, 0.5) is 0 Å². The van der Waals surface area contributed by atoms with Crippen LogP contribution in [0.25, 0.3) is 11.5 Å². The highest BCUT2D eigenvalue weighted by atomic mass is 16.5. The zero-order valence-corrected chi connectivity index (χ0v) is 10.6. The molecular formula is C10H14N6O3. The number of aliphatic carboxylic acids is 1. The van der Waals surface area contributed by atoms with Crippen molar-refractivity contribution in [2.45, 2.75) is 19.1 Å². The van der Waals surface area contributed by atoms with Crippen molar-refractivity contribution >= 4 is 5.97 Å². The molecule has 2 aromatic heterocycles. The molecule has 1 N–H and O–H groups in total. The highest BCUT2D eigenvalue weighted by Crippen LogP contribution is 2.13. The predicted octanol–water partition coefficient (Wildman–Crippen LogP) is -0.437. The molecule has 9 heteroatoms. The second-order valence-electron chi connectivity index (χ2n) is 4.01. The fourth-order valence-corrected chi connectivity index (χ4v) is 1.66. The molecule has 0 amide bonds. The van der Waals surface area contributed by atoms with Crippen molar-refractivity contribution in [2.24, 2.45) is 7.05 Å². The number of aryl methyl sites for hydroxylation is 1. The fraction of sp³-hybridized carbons (Fsp3) is 0.500. The van der Waals surface area contributed by atoms with Gasteiger partial charge >= 0.3 is 5.97 Å². The van der Waals surface area contributed by atoms with E-state index in [1.807, 2.05) is 0 Å². The topological polar surface area (TPSA) is 108 Å². The standard InChI is InChI=1S/C10H14N6O3/c1-15-4-3-8(12-15)10-11-13-14-16(10)6-7(19-2)5-9(17)18/h3-4,7H,5-6H2,1-2H3,(H,17,18). The first-order valence-electron chi connectivity index (χ1n) is 5.61. The maximum absolute atomic E-state index is 10.7. The Morgan fingerprint density at radius 1 is 1.58 bits per heavy atom. The van der Waals surface area contributed by atoms with Gasteiger partial charge in [0.1, 0.15) is 5.69 Å². The second kappa shape index (κ2) is 5.57. The maximum Gasteiger partial charge on any atom is 0.306 e. The molecule has 2 rings (SSSR count). The minimum atomic E-state index is -0.931. The van der Waals surface area contributed by atoms with E-state index in [9.17, 15) is 4.79 Å². The number of aromatic nitrogens is 6. The molecular weight excluding hydrogens is 252 g/mol. The van der Waals surface area contributed by atoms with Crippen LogP contribution in [0, 0.1) is 0 Å².